The van der Waals surface area contributed by atoms with Crippen LogP contribution in [0, 0.1) is 0 Å². The molecule has 0 bridgehead atoms. The Kier molecular flexibility index (Phi) is 2.95. The molecule has 2 heterocycles. The fraction of sp³-hybridized carbons (Fsp3) is 1.00. The summed E-state index contributed by atoms with van der Waals surface area (Å²) in [4.78, 5) is 2.73. The maximum atomic E-state index is 3.74. The first-order valence-electron chi connectivity index (χ1n) is 6.66. The molecule has 0 amide bonds. The molecule has 0 unspecified atom stereocenters. The number of likely N-dealkylation sites (tertiary alicyclic amines) is 1. The molecule has 3 aliphatic rings. The lowest BCUT2D eigenvalue weighted by atomic mass is 9.84. The molecule has 1 saturated carbocycles. The summed E-state index contributed by atoms with van der Waals surface area (Å²) >= 11 is 0. The molecule has 3 heteroatoms. The molecule has 0 aromatic heterocycles. The van der Waals surface area contributed by atoms with Gasteiger partial charge in [-0.25, -0.2) is 0 Å². The Labute approximate surface area is 92.6 Å². The lowest BCUT2D eigenvalue weighted by Gasteiger charge is -2.46. The Hall–Kier alpha value is -0.120. The summed E-state index contributed by atoms with van der Waals surface area (Å²) in [5, 5.41) is 7.43. The molecule has 3 rings (SSSR count). The van der Waals surface area contributed by atoms with Crippen molar-refractivity contribution in [1.29, 1.82) is 0 Å². The third kappa shape index (κ3) is 1.93. The standard InChI is InChI=1S/C12H23N3/c1-2-9-15(8-1)11-5-3-4-10-12(11)14-7-6-13-10/h10-14H,1-9H2/t10-,11+,12-/m0/s1. The van der Waals surface area contributed by atoms with Crippen molar-refractivity contribution in [3.05, 3.63) is 0 Å². The van der Waals surface area contributed by atoms with Crippen LogP contribution in [0.25, 0.3) is 0 Å². The van der Waals surface area contributed by atoms with Gasteiger partial charge in [0.15, 0.2) is 0 Å². The molecule has 3 fully saturated rings. The predicted molar refractivity (Wildman–Crippen MR) is 62.0 cm³/mol. The van der Waals surface area contributed by atoms with Crippen molar-refractivity contribution in [3.8, 4) is 0 Å². The van der Waals surface area contributed by atoms with E-state index in [-0.39, 0.29) is 0 Å². The maximum Gasteiger partial charge on any atom is 0.0378 e. The van der Waals surface area contributed by atoms with Gasteiger partial charge in [-0.05, 0) is 38.8 Å². The molecule has 0 aromatic carbocycles. The van der Waals surface area contributed by atoms with Gasteiger partial charge >= 0.3 is 0 Å². The first-order valence-corrected chi connectivity index (χ1v) is 6.66. The van der Waals surface area contributed by atoms with Gasteiger partial charge in [0, 0.05) is 31.2 Å². The van der Waals surface area contributed by atoms with Gasteiger partial charge in [0.25, 0.3) is 0 Å². The third-order valence-electron chi connectivity index (χ3n) is 4.38. The van der Waals surface area contributed by atoms with Crippen molar-refractivity contribution in [2.75, 3.05) is 26.2 Å². The fourth-order valence-electron chi connectivity index (χ4n) is 3.66. The van der Waals surface area contributed by atoms with Crippen LogP contribution in [0.1, 0.15) is 32.1 Å². The number of nitrogens with zero attached hydrogens (tertiary/aromatic N) is 1. The van der Waals surface area contributed by atoms with Crippen molar-refractivity contribution in [2.24, 2.45) is 0 Å². The first kappa shape index (κ1) is 10.1. The van der Waals surface area contributed by atoms with E-state index in [0.29, 0.717) is 0 Å². The highest BCUT2D eigenvalue weighted by Crippen LogP contribution is 2.27. The summed E-state index contributed by atoms with van der Waals surface area (Å²) in [7, 11) is 0. The number of hydrogen-bond acceptors (Lipinski definition) is 3. The highest BCUT2D eigenvalue weighted by atomic mass is 15.2. The van der Waals surface area contributed by atoms with E-state index in [1.54, 1.807) is 0 Å². The van der Waals surface area contributed by atoms with Gasteiger partial charge in [-0.15, -0.1) is 0 Å². The van der Waals surface area contributed by atoms with Crippen molar-refractivity contribution in [2.45, 2.75) is 50.2 Å². The van der Waals surface area contributed by atoms with E-state index in [4.69, 9.17) is 0 Å². The molecule has 15 heavy (non-hydrogen) atoms. The van der Waals surface area contributed by atoms with Gasteiger partial charge < -0.3 is 10.6 Å². The Balaban J connectivity index is 1.69. The Bertz CT molecular complexity index is 211. The van der Waals surface area contributed by atoms with Crippen molar-refractivity contribution >= 4 is 0 Å². The molecule has 2 N–H and O–H groups in total. The quantitative estimate of drug-likeness (QED) is 0.661. The van der Waals surface area contributed by atoms with Crippen LogP contribution in [0.3, 0.4) is 0 Å². The summed E-state index contributed by atoms with van der Waals surface area (Å²) in [6.07, 6.45) is 7.04. The van der Waals surface area contributed by atoms with Gasteiger partial charge in [-0.3, -0.25) is 4.90 Å². The van der Waals surface area contributed by atoms with Crippen LogP contribution >= 0.6 is 0 Å². The Morgan fingerprint density at radius 1 is 0.867 bits per heavy atom. The highest BCUT2D eigenvalue weighted by molar-refractivity contribution is 4.99. The largest absolute Gasteiger partial charge is 0.311 e. The van der Waals surface area contributed by atoms with Gasteiger partial charge in [0.2, 0.25) is 0 Å². The molecule has 0 aromatic rings. The van der Waals surface area contributed by atoms with Crippen LogP contribution in [0.4, 0.5) is 0 Å². The molecule has 2 aliphatic heterocycles. The minimum atomic E-state index is 0.727. The van der Waals surface area contributed by atoms with E-state index in [9.17, 15) is 0 Å². The number of fused-ring (bicyclic) bond motifs is 1. The Morgan fingerprint density at radius 2 is 1.67 bits per heavy atom. The second kappa shape index (κ2) is 4.40. The lowest BCUT2D eigenvalue weighted by molar-refractivity contribution is 0.109. The number of piperazine rings is 1. The van der Waals surface area contributed by atoms with Crippen LogP contribution in [-0.4, -0.2) is 49.2 Å². The summed E-state index contributed by atoms with van der Waals surface area (Å²) in [6, 6.07) is 2.29. The Morgan fingerprint density at radius 3 is 2.53 bits per heavy atom. The van der Waals surface area contributed by atoms with Crippen LogP contribution < -0.4 is 10.6 Å². The molecule has 3 atom stereocenters. The van der Waals surface area contributed by atoms with E-state index < -0.39 is 0 Å². The maximum absolute atomic E-state index is 3.74. The number of nitrogens with one attached hydrogen (secondary N) is 2. The first-order chi connectivity index (χ1) is 7.45. The SMILES string of the molecule is C1C[C@@H]2NCCN[C@@H]2[C@H](N2CCCC2)C1. The van der Waals surface area contributed by atoms with Crippen molar-refractivity contribution < 1.29 is 0 Å². The minimum Gasteiger partial charge on any atom is -0.311 e. The number of hydrogen-bond donors (Lipinski definition) is 2. The number of rotatable bonds is 1. The molecular formula is C12H23N3. The van der Waals surface area contributed by atoms with Crippen molar-refractivity contribution in [1.82, 2.24) is 15.5 Å². The van der Waals surface area contributed by atoms with Gasteiger partial charge in [-0.1, -0.05) is 6.42 Å². The van der Waals surface area contributed by atoms with Crippen LogP contribution in [0.2, 0.25) is 0 Å². The average molecular weight is 209 g/mol. The van der Waals surface area contributed by atoms with Crippen LogP contribution in [-0.2, 0) is 0 Å². The summed E-state index contributed by atoms with van der Waals surface area (Å²) in [5.41, 5.74) is 0. The lowest BCUT2D eigenvalue weighted by Crippen LogP contribution is -2.65. The molecule has 1 aliphatic carbocycles. The third-order valence-corrected chi connectivity index (χ3v) is 4.38. The molecular weight excluding hydrogens is 186 g/mol. The second-order valence-electron chi connectivity index (χ2n) is 5.28. The monoisotopic (exact) mass is 209 g/mol. The minimum absolute atomic E-state index is 0.727. The predicted octanol–water partition coefficient (Wildman–Crippen LogP) is 0.565. The molecule has 86 valence electrons. The summed E-state index contributed by atoms with van der Waals surface area (Å²) in [5.74, 6) is 0. The molecule has 2 saturated heterocycles. The molecule has 0 radical (unpaired) electrons. The summed E-state index contributed by atoms with van der Waals surface area (Å²) in [6.45, 7) is 5.00. The van der Waals surface area contributed by atoms with Gasteiger partial charge in [-0.2, -0.15) is 0 Å². The van der Waals surface area contributed by atoms with Crippen LogP contribution in [0.15, 0.2) is 0 Å². The normalized spacial score (nSPS) is 42.8. The van der Waals surface area contributed by atoms with Crippen LogP contribution in [0.5, 0.6) is 0 Å². The topological polar surface area (TPSA) is 27.3 Å². The zero-order valence-electron chi connectivity index (χ0n) is 9.54. The average Bonchev–Trinajstić information content (AvgIpc) is 2.82. The van der Waals surface area contributed by atoms with E-state index in [0.717, 1.165) is 31.2 Å². The molecule has 0 spiro atoms. The highest BCUT2D eigenvalue weighted by Gasteiger charge is 2.38. The smallest absolute Gasteiger partial charge is 0.0378 e. The van der Waals surface area contributed by atoms with E-state index in [1.165, 1.54) is 45.2 Å². The van der Waals surface area contributed by atoms with E-state index in [2.05, 4.69) is 15.5 Å². The van der Waals surface area contributed by atoms with E-state index in [1.807, 2.05) is 0 Å². The zero-order chi connectivity index (χ0) is 10.1. The van der Waals surface area contributed by atoms with Gasteiger partial charge in [0.05, 0.1) is 0 Å². The summed E-state index contributed by atoms with van der Waals surface area (Å²) < 4.78 is 0. The van der Waals surface area contributed by atoms with Gasteiger partial charge in [0.1, 0.15) is 0 Å². The molecule has 3 nitrogen and oxygen atoms in total. The zero-order valence-corrected chi connectivity index (χ0v) is 9.54. The van der Waals surface area contributed by atoms with E-state index >= 15 is 0 Å². The second-order valence-corrected chi connectivity index (χ2v) is 5.28. The van der Waals surface area contributed by atoms with Crippen molar-refractivity contribution in [3.63, 3.8) is 0 Å². The fourth-order valence-corrected chi connectivity index (χ4v) is 3.66.